The number of hydrogen-bond acceptors (Lipinski definition) is 2. The van der Waals surface area contributed by atoms with Crippen molar-refractivity contribution in [2.75, 3.05) is 0 Å². The van der Waals surface area contributed by atoms with Crippen LogP contribution in [0.5, 0.6) is 0 Å². The molecule has 1 amide bonds. The van der Waals surface area contributed by atoms with Crippen molar-refractivity contribution in [1.29, 1.82) is 0 Å². The van der Waals surface area contributed by atoms with Crippen LogP contribution in [0, 0.1) is 6.92 Å². The molecule has 0 aliphatic carbocycles. The van der Waals surface area contributed by atoms with Crippen LogP contribution in [0.25, 0.3) is 10.9 Å². The van der Waals surface area contributed by atoms with Crippen LogP contribution in [0.1, 0.15) is 21.5 Å². The van der Waals surface area contributed by atoms with Gasteiger partial charge in [-0.1, -0.05) is 48.0 Å². The molecule has 0 spiro atoms. The molecule has 1 heterocycles. The lowest BCUT2D eigenvalue weighted by molar-refractivity contribution is 0.0934. The average Bonchev–Trinajstić information content (AvgIpc) is 2.93. The Morgan fingerprint density at radius 1 is 1.10 bits per heavy atom. The van der Waals surface area contributed by atoms with Crippen molar-refractivity contribution in [3.8, 4) is 0 Å². The van der Waals surface area contributed by atoms with Gasteiger partial charge in [0.05, 0.1) is 5.56 Å². The molecule has 0 radical (unpaired) electrons. The summed E-state index contributed by atoms with van der Waals surface area (Å²) in [5.74, 6) is -0.139. The van der Waals surface area contributed by atoms with Gasteiger partial charge >= 0.3 is 0 Å². The first-order valence-electron chi connectivity index (χ1n) is 6.89. The van der Waals surface area contributed by atoms with Gasteiger partial charge in [0.25, 0.3) is 5.91 Å². The third-order valence-corrected chi connectivity index (χ3v) is 3.45. The van der Waals surface area contributed by atoms with E-state index in [-0.39, 0.29) is 5.91 Å². The Kier molecular flexibility index (Phi) is 3.71. The summed E-state index contributed by atoms with van der Waals surface area (Å²) in [6.07, 6.45) is 1.73. The fourth-order valence-electron chi connectivity index (χ4n) is 2.26. The summed E-state index contributed by atoms with van der Waals surface area (Å²) in [6.45, 7) is 2.64. The van der Waals surface area contributed by atoms with Crippen molar-refractivity contribution in [2.24, 2.45) is 0 Å². The quantitative estimate of drug-likeness (QED) is 0.643. The maximum absolute atomic E-state index is 12.2. The van der Waals surface area contributed by atoms with Gasteiger partial charge in [0.1, 0.15) is 0 Å². The van der Waals surface area contributed by atoms with E-state index in [1.54, 1.807) is 6.20 Å². The van der Waals surface area contributed by atoms with Crippen molar-refractivity contribution in [3.05, 3.63) is 71.4 Å². The molecule has 3 rings (SSSR count). The Bertz CT molecular complexity index is 759. The van der Waals surface area contributed by atoms with Gasteiger partial charge in [-0.15, -0.1) is 0 Å². The SMILES string of the molecule is Cc1ccc(CNNC(=O)c2c[nH]c3ccccc23)cc1. The van der Waals surface area contributed by atoms with Crippen molar-refractivity contribution in [1.82, 2.24) is 15.8 Å². The number of carbonyl (C=O) groups is 1. The monoisotopic (exact) mass is 279 g/mol. The smallest absolute Gasteiger partial charge is 0.267 e. The highest BCUT2D eigenvalue weighted by Crippen LogP contribution is 2.17. The van der Waals surface area contributed by atoms with Crippen LogP contribution in [-0.2, 0) is 6.54 Å². The van der Waals surface area contributed by atoms with Gasteiger partial charge in [-0.2, -0.15) is 0 Å². The van der Waals surface area contributed by atoms with Crippen LogP contribution in [0.4, 0.5) is 0 Å². The van der Waals surface area contributed by atoms with Gasteiger partial charge < -0.3 is 4.98 Å². The van der Waals surface area contributed by atoms with Gasteiger partial charge in [-0.3, -0.25) is 10.2 Å². The Labute approximate surface area is 123 Å². The Balaban J connectivity index is 1.63. The lowest BCUT2D eigenvalue weighted by atomic mass is 10.1. The largest absolute Gasteiger partial charge is 0.360 e. The van der Waals surface area contributed by atoms with E-state index in [0.717, 1.165) is 16.5 Å². The molecule has 0 unspecified atom stereocenters. The molecule has 1 aromatic heterocycles. The highest BCUT2D eigenvalue weighted by molar-refractivity contribution is 6.06. The van der Waals surface area contributed by atoms with Gasteiger partial charge in [-0.25, -0.2) is 5.43 Å². The number of hydrogen-bond donors (Lipinski definition) is 3. The number of para-hydroxylation sites is 1. The number of carbonyl (C=O) groups excluding carboxylic acids is 1. The molecular formula is C17H17N3O. The number of nitrogens with one attached hydrogen (secondary N) is 3. The highest BCUT2D eigenvalue weighted by Gasteiger charge is 2.10. The zero-order valence-electron chi connectivity index (χ0n) is 11.8. The van der Waals surface area contributed by atoms with Gasteiger partial charge in [0.15, 0.2) is 0 Å². The average molecular weight is 279 g/mol. The van der Waals surface area contributed by atoms with Crippen molar-refractivity contribution >= 4 is 16.8 Å². The van der Waals surface area contributed by atoms with Crippen LogP contribution < -0.4 is 10.9 Å². The van der Waals surface area contributed by atoms with Gasteiger partial charge in [0, 0.05) is 23.6 Å². The van der Waals surface area contributed by atoms with Crippen LogP contribution in [0.2, 0.25) is 0 Å². The Morgan fingerprint density at radius 2 is 1.86 bits per heavy atom. The molecule has 0 fully saturated rings. The van der Waals surface area contributed by atoms with E-state index in [0.29, 0.717) is 12.1 Å². The van der Waals surface area contributed by atoms with Crippen LogP contribution in [0.3, 0.4) is 0 Å². The topological polar surface area (TPSA) is 56.9 Å². The number of aromatic nitrogens is 1. The zero-order chi connectivity index (χ0) is 14.7. The number of aryl methyl sites for hydroxylation is 1. The molecule has 0 bridgehead atoms. The van der Waals surface area contributed by atoms with E-state index in [1.807, 2.05) is 36.4 Å². The number of amides is 1. The number of H-pyrrole nitrogens is 1. The molecule has 0 saturated carbocycles. The maximum atomic E-state index is 12.2. The number of benzene rings is 2. The van der Waals surface area contributed by atoms with Crippen LogP contribution in [-0.4, -0.2) is 10.9 Å². The van der Waals surface area contributed by atoms with E-state index < -0.39 is 0 Å². The normalized spacial score (nSPS) is 10.7. The number of fused-ring (bicyclic) bond motifs is 1. The van der Waals surface area contributed by atoms with E-state index in [1.165, 1.54) is 5.56 Å². The van der Waals surface area contributed by atoms with E-state index in [9.17, 15) is 4.79 Å². The fraction of sp³-hybridized carbons (Fsp3) is 0.118. The molecule has 0 atom stereocenters. The summed E-state index contributed by atoms with van der Waals surface area (Å²) in [6, 6.07) is 15.9. The second-order valence-corrected chi connectivity index (χ2v) is 5.04. The molecule has 21 heavy (non-hydrogen) atoms. The summed E-state index contributed by atoms with van der Waals surface area (Å²) in [7, 11) is 0. The summed E-state index contributed by atoms with van der Waals surface area (Å²) in [5, 5.41) is 0.923. The van der Waals surface area contributed by atoms with Gasteiger partial charge in [-0.05, 0) is 18.6 Å². The van der Waals surface area contributed by atoms with Crippen LogP contribution >= 0.6 is 0 Å². The molecule has 3 N–H and O–H groups in total. The molecule has 0 saturated heterocycles. The standard InChI is InChI=1S/C17H17N3O/c1-12-6-8-13(9-7-12)10-19-20-17(21)15-11-18-16-5-3-2-4-14(15)16/h2-9,11,18-19H,10H2,1H3,(H,20,21). The summed E-state index contributed by atoms with van der Waals surface area (Å²) >= 11 is 0. The molecule has 106 valence electrons. The fourth-order valence-corrected chi connectivity index (χ4v) is 2.26. The number of rotatable bonds is 4. The third-order valence-electron chi connectivity index (χ3n) is 3.45. The van der Waals surface area contributed by atoms with Crippen molar-refractivity contribution in [3.63, 3.8) is 0 Å². The Morgan fingerprint density at radius 3 is 2.67 bits per heavy atom. The molecule has 3 aromatic rings. The minimum absolute atomic E-state index is 0.139. The van der Waals surface area contributed by atoms with E-state index in [2.05, 4.69) is 34.9 Å². The lowest BCUT2D eigenvalue weighted by Gasteiger charge is -2.07. The first-order valence-corrected chi connectivity index (χ1v) is 6.89. The van der Waals surface area contributed by atoms with Crippen LogP contribution in [0.15, 0.2) is 54.7 Å². The molecule has 2 aromatic carbocycles. The lowest BCUT2D eigenvalue weighted by Crippen LogP contribution is -2.36. The molecule has 4 nitrogen and oxygen atoms in total. The first kappa shape index (κ1) is 13.4. The summed E-state index contributed by atoms with van der Waals surface area (Å²) in [4.78, 5) is 15.3. The predicted molar refractivity (Wildman–Crippen MR) is 83.8 cm³/mol. The molecule has 0 aliphatic heterocycles. The minimum atomic E-state index is -0.139. The first-order chi connectivity index (χ1) is 10.2. The number of aromatic amines is 1. The third kappa shape index (κ3) is 2.95. The molecule has 4 heteroatoms. The molecular weight excluding hydrogens is 262 g/mol. The molecule has 0 aliphatic rings. The summed E-state index contributed by atoms with van der Waals surface area (Å²) in [5.41, 5.74) is 9.64. The minimum Gasteiger partial charge on any atom is -0.360 e. The second kappa shape index (κ2) is 5.81. The Hall–Kier alpha value is -2.59. The summed E-state index contributed by atoms with van der Waals surface area (Å²) < 4.78 is 0. The van der Waals surface area contributed by atoms with E-state index in [4.69, 9.17) is 0 Å². The zero-order valence-corrected chi connectivity index (χ0v) is 11.8. The van der Waals surface area contributed by atoms with E-state index >= 15 is 0 Å². The van der Waals surface area contributed by atoms with Crippen molar-refractivity contribution < 1.29 is 4.79 Å². The second-order valence-electron chi connectivity index (χ2n) is 5.04. The number of hydrazine groups is 1. The highest BCUT2D eigenvalue weighted by atomic mass is 16.2. The van der Waals surface area contributed by atoms with Gasteiger partial charge in [0.2, 0.25) is 0 Å². The maximum Gasteiger partial charge on any atom is 0.267 e. The predicted octanol–water partition coefficient (Wildman–Crippen LogP) is 2.91. The van der Waals surface area contributed by atoms with Crippen molar-refractivity contribution in [2.45, 2.75) is 13.5 Å².